The van der Waals surface area contributed by atoms with Gasteiger partial charge in [-0.05, 0) is 44.4 Å². The van der Waals surface area contributed by atoms with Crippen molar-refractivity contribution >= 4 is 34.8 Å². The maximum absolute atomic E-state index is 12.3. The van der Waals surface area contributed by atoms with E-state index in [2.05, 4.69) is 17.6 Å². The summed E-state index contributed by atoms with van der Waals surface area (Å²) in [6.45, 7) is 4.22. The number of rotatable bonds is 4. The van der Waals surface area contributed by atoms with Crippen molar-refractivity contribution in [3.05, 3.63) is 28.2 Å². The molecule has 0 saturated heterocycles. The van der Waals surface area contributed by atoms with E-state index < -0.39 is 0 Å². The Morgan fingerprint density at radius 2 is 2.05 bits per heavy atom. The van der Waals surface area contributed by atoms with E-state index in [1.165, 1.54) is 25.7 Å². The minimum atomic E-state index is -0.134. The highest BCUT2D eigenvalue weighted by Crippen LogP contribution is 2.25. The lowest BCUT2D eigenvalue weighted by Crippen LogP contribution is -2.97. The summed E-state index contributed by atoms with van der Waals surface area (Å²) in [6, 6.07) is 5.48. The fraction of sp³-hybridized carbons (Fsp3) is 0.562. The molecule has 1 fully saturated rings. The number of carbonyl (C=O) groups excluding carboxylic acids is 1. The molecule has 0 unspecified atom stereocenters. The van der Waals surface area contributed by atoms with Crippen molar-refractivity contribution in [1.29, 1.82) is 0 Å². The molecule has 0 heterocycles. The van der Waals surface area contributed by atoms with E-state index in [1.54, 1.807) is 18.2 Å². The molecule has 0 aromatic heterocycles. The Hall–Kier alpha value is -0.770. The van der Waals surface area contributed by atoms with Gasteiger partial charge in [-0.3, -0.25) is 4.79 Å². The van der Waals surface area contributed by atoms with Gasteiger partial charge in [-0.2, -0.15) is 0 Å². The van der Waals surface area contributed by atoms with Crippen LogP contribution in [0.5, 0.6) is 0 Å². The maximum atomic E-state index is 12.3. The van der Waals surface area contributed by atoms with Gasteiger partial charge in [0.05, 0.1) is 16.8 Å². The molecule has 0 radical (unpaired) electrons. The smallest absolute Gasteiger partial charge is 0.282 e. The minimum absolute atomic E-state index is 0.0306. The van der Waals surface area contributed by atoms with Gasteiger partial charge < -0.3 is 10.6 Å². The predicted molar refractivity (Wildman–Crippen MR) is 87.9 cm³/mol. The largest absolute Gasteiger partial charge is 0.334 e. The molecule has 1 aromatic rings. The number of halogens is 2. The fourth-order valence-electron chi connectivity index (χ4n) is 2.93. The van der Waals surface area contributed by atoms with Crippen LogP contribution < -0.4 is 10.6 Å². The number of carbonyl (C=O) groups is 1. The number of quaternary nitrogens is 1. The summed E-state index contributed by atoms with van der Waals surface area (Å²) in [6.07, 6.45) is 5.02. The second-order valence-electron chi connectivity index (χ2n) is 6.02. The molecule has 2 rings (SSSR count). The molecular weight excluding hydrogens is 307 g/mol. The Morgan fingerprint density at radius 1 is 1.33 bits per heavy atom. The van der Waals surface area contributed by atoms with Gasteiger partial charge in [0.25, 0.3) is 5.91 Å². The Morgan fingerprint density at radius 3 is 2.76 bits per heavy atom. The Labute approximate surface area is 136 Å². The van der Waals surface area contributed by atoms with Crippen molar-refractivity contribution in [3.63, 3.8) is 0 Å². The Kier molecular flexibility index (Phi) is 5.91. The molecule has 0 bridgehead atoms. The number of nitrogens with two attached hydrogens (primary N) is 1. The molecule has 3 atom stereocenters. The molecule has 21 heavy (non-hydrogen) atoms. The van der Waals surface area contributed by atoms with E-state index >= 15 is 0 Å². The quantitative estimate of drug-likeness (QED) is 0.872. The molecule has 0 aliphatic heterocycles. The summed E-state index contributed by atoms with van der Waals surface area (Å²) < 4.78 is 0. The SMILES string of the molecule is C[C@H]([NH2+][C@H]1CCCC[C@@H]1C)C(=O)Nc1cc(Cl)ccc1Cl. The summed E-state index contributed by atoms with van der Waals surface area (Å²) in [5.41, 5.74) is 0.575. The van der Waals surface area contributed by atoms with E-state index in [-0.39, 0.29) is 11.9 Å². The van der Waals surface area contributed by atoms with Gasteiger partial charge in [-0.25, -0.2) is 0 Å². The molecule has 0 spiro atoms. The van der Waals surface area contributed by atoms with Crippen LogP contribution in [0.1, 0.15) is 39.5 Å². The number of anilines is 1. The first-order chi connectivity index (χ1) is 9.97. The third-order valence-electron chi connectivity index (χ3n) is 4.31. The third kappa shape index (κ3) is 4.60. The van der Waals surface area contributed by atoms with Crippen LogP contribution in [0.4, 0.5) is 5.69 Å². The fourth-order valence-corrected chi connectivity index (χ4v) is 3.27. The summed E-state index contributed by atoms with van der Waals surface area (Å²) >= 11 is 12.0. The zero-order valence-corrected chi connectivity index (χ0v) is 14.0. The highest BCUT2D eigenvalue weighted by molar-refractivity contribution is 6.35. The van der Waals surface area contributed by atoms with Crippen LogP contribution >= 0.6 is 23.2 Å². The summed E-state index contributed by atoms with van der Waals surface area (Å²) in [4.78, 5) is 12.3. The van der Waals surface area contributed by atoms with Crippen molar-refractivity contribution in [2.45, 2.75) is 51.6 Å². The second-order valence-corrected chi connectivity index (χ2v) is 6.86. The van der Waals surface area contributed by atoms with Crippen molar-refractivity contribution < 1.29 is 10.1 Å². The summed E-state index contributed by atoms with van der Waals surface area (Å²) in [7, 11) is 0. The summed E-state index contributed by atoms with van der Waals surface area (Å²) in [5, 5.41) is 6.13. The normalized spacial score (nSPS) is 23.6. The van der Waals surface area contributed by atoms with Gasteiger partial charge in [0.15, 0.2) is 6.04 Å². The Balaban J connectivity index is 1.94. The van der Waals surface area contributed by atoms with E-state index in [9.17, 15) is 4.79 Å². The first-order valence-corrected chi connectivity index (χ1v) is 8.34. The molecule has 1 aromatic carbocycles. The minimum Gasteiger partial charge on any atom is -0.334 e. The van der Waals surface area contributed by atoms with Crippen molar-refractivity contribution in [3.8, 4) is 0 Å². The van der Waals surface area contributed by atoms with Crippen LogP contribution in [0.3, 0.4) is 0 Å². The Bertz CT molecular complexity index is 507. The van der Waals surface area contributed by atoms with Gasteiger partial charge in [0, 0.05) is 10.9 Å². The van der Waals surface area contributed by atoms with Crippen molar-refractivity contribution in [2.24, 2.45) is 5.92 Å². The molecule has 116 valence electrons. The van der Waals surface area contributed by atoms with Gasteiger partial charge in [-0.15, -0.1) is 0 Å². The molecule has 5 heteroatoms. The van der Waals surface area contributed by atoms with Gasteiger partial charge in [0.1, 0.15) is 0 Å². The molecule has 1 saturated carbocycles. The summed E-state index contributed by atoms with van der Waals surface area (Å²) in [5.74, 6) is 0.640. The average molecular weight is 330 g/mol. The van der Waals surface area contributed by atoms with Gasteiger partial charge >= 0.3 is 0 Å². The topological polar surface area (TPSA) is 45.7 Å². The number of hydrogen-bond acceptors (Lipinski definition) is 1. The van der Waals surface area contributed by atoms with E-state index in [4.69, 9.17) is 23.2 Å². The molecule has 3 nitrogen and oxygen atoms in total. The van der Waals surface area contributed by atoms with Crippen LogP contribution in [0.2, 0.25) is 10.0 Å². The van der Waals surface area contributed by atoms with Crippen LogP contribution in [0.25, 0.3) is 0 Å². The molecular formula is C16H23Cl2N2O+. The highest BCUT2D eigenvalue weighted by atomic mass is 35.5. The lowest BCUT2D eigenvalue weighted by atomic mass is 9.85. The monoisotopic (exact) mass is 329 g/mol. The predicted octanol–water partition coefficient (Wildman–Crippen LogP) is 3.46. The first-order valence-electron chi connectivity index (χ1n) is 7.58. The molecule has 1 aliphatic rings. The third-order valence-corrected chi connectivity index (χ3v) is 4.88. The lowest BCUT2D eigenvalue weighted by Gasteiger charge is -2.28. The van der Waals surface area contributed by atoms with Crippen molar-refractivity contribution in [2.75, 3.05) is 5.32 Å². The lowest BCUT2D eigenvalue weighted by molar-refractivity contribution is -0.714. The number of hydrogen-bond donors (Lipinski definition) is 2. The van der Waals surface area contributed by atoms with Crippen LogP contribution in [0, 0.1) is 5.92 Å². The highest BCUT2D eigenvalue weighted by Gasteiger charge is 2.28. The zero-order valence-electron chi connectivity index (χ0n) is 12.5. The van der Waals surface area contributed by atoms with Gasteiger partial charge in [0.2, 0.25) is 0 Å². The van der Waals surface area contributed by atoms with Gasteiger partial charge in [-0.1, -0.05) is 36.5 Å². The number of nitrogens with one attached hydrogen (secondary N) is 1. The van der Waals surface area contributed by atoms with E-state index in [1.807, 2.05) is 6.92 Å². The molecule has 3 N–H and O–H groups in total. The zero-order chi connectivity index (χ0) is 15.4. The van der Waals surface area contributed by atoms with Crippen LogP contribution in [0.15, 0.2) is 18.2 Å². The molecule has 1 amide bonds. The molecule has 1 aliphatic carbocycles. The average Bonchev–Trinajstić information content (AvgIpc) is 2.45. The van der Waals surface area contributed by atoms with Crippen LogP contribution in [-0.2, 0) is 4.79 Å². The number of benzene rings is 1. The van der Waals surface area contributed by atoms with Crippen molar-refractivity contribution in [1.82, 2.24) is 0 Å². The van der Waals surface area contributed by atoms with E-state index in [0.29, 0.717) is 27.7 Å². The van der Waals surface area contributed by atoms with E-state index in [0.717, 1.165) is 0 Å². The maximum Gasteiger partial charge on any atom is 0.282 e. The first kappa shape index (κ1) is 16.6. The standard InChI is InChI=1S/C16H22Cl2N2O/c1-10-5-3-4-6-14(10)19-11(2)16(21)20-15-9-12(17)7-8-13(15)18/h7-11,14,19H,3-6H2,1-2H3,(H,20,21)/p+1/t10-,11-,14-/m0/s1. The second kappa shape index (κ2) is 7.48. The van der Waals surface area contributed by atoms with Crippen LogP contribution in [-0.4, -0.2) is 18.0 Å². The number of amides is 1.